The first kappa shape index (κ1) is 15.6. The third kappa shape index (κ3) is 4.34. The van der Waals surface area contributed by atoms with Gasteiger partial charge in [0.2, 0.25) is 0 Å². The molecule has 1 aromatic rings. The van der Waals surface area contributed by atoms with E-state index in [1.807, 2.05) is 0 Å². The largest absolute Gasteiger partial charge is 0.504 e. The molecule has 0 saturated carbocycles. The van der Waals surface area contributed by atoms with E-state index in [1.165, 1.54) is 6.07 Å². The van der Waals surface area contributed by atoms with E-state index in [1.54, 1.807) is 20.8 Å². The van der Waals surface area contributed by atoms with Crippen molar-refractivity contribution >= 4 is 12.1 Å². The molecule has 20 heavy (non-hydrogen) atoms. The van der Waals surface area contributed by atoms with Gasteiger partial charge < -0.3 is 25.4 Å². The summed E-state index contributed by atoms with van der Waals surface area (Å²) in [6.45, 7) is 4.94. The van der Waals surface area contributed by atoms with Gasteiger partial charge in [0, 0.05) is 0 Å². The molecule has 0 heterocycles. The molecule has 0 saturated heterocycles. The molecule has 1 rings (SSSR count). The quantitative estimate of drug-likeness (QED) is 0.628. The van der Waals surface area contributed by atoms with Crippen LogP contribution in [0.3, 0.4) is 0 Å². The molecule has 7 nitrogen and oxygen atoms in total. The first-order chi connectivity index (χ1) is 9.10. The number of benzene rings is 1. The molecular weight excluding hydrogens is 266 g/mol. The van der Waals surface area contributed by atoms with E-state index >= 15 is 0 Å². The van der Waals surface area contributed by atoms with Crippen LogP contribution in [0.5, 0.6) is 11.5 Å². The van der Waals surface area contributed by atoms with E-state index in [9.17, 15) is 19.8 Å². The molecule has 1 atom stereocenters. The van der Waals surface area contributed by atoms with Crippen molar-refractivity contribution in [2.45, 2.75) is 32.4 Å². The maximum Gasteiger partial charge on any atom is 0.408 e. The summed E-state index contributed by atoms with van der Waals surface area (Å²) in [6, 6.07) is 2.09. The summed E-state index contributed by atoms with van der Waals surface area (Å²) >= 11 is 0. The molecule has 0 fully saturated rings. The Labute approximate surface area is 115 Å². The van der Waals surface area contributed by atoms with Crippen LogP contribution < -0.4 is 5.32 Å². The maximum absolute atomic E-state index is 11.6. The Morgan fingerprint density at radius 1 is 1.20 bits per heavy atom. The molecule has 7 heteroatoms. The lowest BCUT2D eigenvalue weighted by molar-refractivity contribution is -0.139. The van der Waals surface area contributed by atoms with Gasteiger partial charge in [-0.3, -0.25) is 0 Å². The number of carboxylic acid groups (broad SMARTS) is 1. The Morgan fingerprint density at radius 3 is 2.25 bits per heavy atom. The smallest absolute Gasteiger partial charge is 0.408 e. The van der Waals surface area contributed by atoms with Gasteiger partial charge in [-0.15, -0.1) is 0 Å². The standard InChI is InChI=1S/C13H17NO6/c1-13(2,3)20-12(19)14-10(11(17)18)7-4-5-8(15)9(16)6-7/h4-6,10,15-16H,1-3H3,(H,14,19)(H,17,18)/t10-/m1/s1. The van der Waals surface area contributed by atoms with E-state index in [4.69, 9.17) is 9.84 Å². The normalized spacial score (nSPS) is 12.6. The zero-order chi connectivity index (χ0) is 15.5. The van der Waals surface area contributed by atoms with Crippen molar-refractivity contribution in [1.82, 2.24) is 5.32 Å². The minimum absolute atomic E-state index is 0.110. The highest BCUT2D eigenvalue weighted by Crippen LogP contribution is 2.28. The highest BCUT2D eigenvalue weighted by atomic mass is 16.6. The first-order valence-corrected chi connectivity index (χ1v) is 5.84. The van der Waals surface area contributed by atoms with E-state index in [0.29, 0.717) is 0 Å². The van der Waals surface area contributed by atoms with Crippen molar-refractivity contribution in [2.75, 3.05) is 0 Å². The Balaban J connectivity index is 2.92. The van der Waals surface area contributed by atoms with Crippen molar-refractivity contribution in [3.63, 3.8) is 0 Å². The van der Waals surface area contributed by atoms with Crippen molar-refractivity contribution in [3.05, 3.63) is 23.8 Å². The fourth-order valence-electron chi connectivity index (χ4n) is 1.43. The summed E-state index contributed by atoms with van der Waals surface area (Å²) in [6.07, 6.45) is -0.891. The SMILES string of the molecule is CC(C)(C)OC(=O)N[C@@H](C(=O)O)c1ccc(O)c(O)c1. The third-order valence-corrected chi connectivity index (χ3v) is 2.24. The van der Waals surface area contributed by atoms with Crippen LogP contribution in [0.2, 0.25) is 0 Å². The molecule has 0 aromatic heterocycles. The lowest BCUT2D eigenvalue weighted by Gasteiger charge is -2.22. The fourth-order valence-corrected chi connectivity index (χ4v) is 1.43. The lowest BCUT2D eigenvalue weighted by Crippen LogP contribution is -2.38. The van der Waals surface area contributed by atoms with E-state index in [-0.39, 0.29) is 11.3 Å². The Hall–Kier alpha value is -2.44. The van der Waals surface area contributed by atoms with E-state index < -0.39 is 29.5 Å². The number of ether oxygens (including phenoxy) is 1. The van der Waals surface area contributed by atoms with Gasteiger partial charge >= 0.3 is 12.1 Å². The lowest BCUT2D eigenvalue weighted by atomic mass is 10.1. The topological polar surface area (TPSA) is 116 Å². The maximum atomic E-state index is 11.6. The van der Waals surface area contributed by atoms with Gasteiger partial charge in [0.15, 0.2) is 17.5 Å². The van der Waals surface area contributed by atoms with Crippen LogP contribution in [0.15, 0.2) is 18.2 Å². The second kappa shape index (κ2) is 5.68. The minimum Gasteiger partial charge on any atom is -0.504 e. The number of nitrogens with one attached hydrogen (secondary N) is 1. The average molecular weight is 283 g/mol. The van der Waals surface area contributed by atoms with Crippen LogP contribution in [-0.4, -0.2) is 33.0 Å². The van der Waals surface area contributed by atoms with Gasteiger partial charge in [0.25, 0.3) is 0 Å². The Morgan fingerprint density at radius 2 is 1.80 bits per heavy atom. The summed E-state index contributed by atoms with van der Waals surface area (Å²) in [7, 11) is 0. The molecule has 1 aromatic carbocycles. The monoisotopic (exact) mass is 283 g/mol. The highest BCUT2D eigenvalue weighted by molar-refractivity contribution is 5.81. The number of phenols is 2. The van der Waals surface area contributed by atoms with Gasteiger partial charge in [-0.05, 0) is 38.5 Å². The molecule has 1 amide bonds. The molecule has 0 aliphatic rings. The predicted octanol–water partition coefficient (Wildman–Crippen LogP) is 1.75. The molecule has 0 spiro atoms. The summed E-state index contributed by atoms with van der Waals surface area (Å²) in [5, 5.41) is 29.9. The Kier molecular flexibility index (Phi) is 4.44. The van der Waals surface area contributed by atoms with Crippen LogP contribution in [0.25, 0.3) is 0 Å². The summed E-state index contributed by atoms with van der Waals surface area (Å²) in [5.41, 5.74) is -0.650. The van der Waals surface area contributed by atoms with Crippen LogP contribution in [-0.2, 0) is 9.53 Å². The predicted molar refractivity (Wildman–Crippen MR) is 69.5 cm³/mol. The third-order valence-electron chi connectivity index (χ3n) is 2.24. The number of phenolic OH excluding ortho intramolecular Hbond substituents is 2. The molecule has 0 radical (unpaired) electrons. The van der Waals surface area contributed by atoms with Crippen molar-refractivity contribution in [3.8, 4) is 11.5 Å². The number of carbonyl (C=O) groups excluding carboxylic acids is 1. The summed E-state index contributed by atoms with van der Waals surface area (Å²) in [4.78, 5) is 22.8. The fraction of sp³-hybridized carbons (Fsp3) is 0.385. The van der Waals surface area contributed by atoms with Crippen LogP contribution in [0, 0.1) is 0 Å². The first-order valence-electron chi connectivity index (χ1n) is 5.84. The van der Waals surface area contributed by atoms with Gasteiger partial charge in [0.05, 0.1) is 0 Å². The second-order valence-corrected chi connectivity index (χ2v) is 5.17. The number of carboxylic acids is 1. The van der Waals surface area contributed by atoms with Crippen molar-refractivity contribution in [2.24, 2.45) is 0 Å². The molecule has 110 valence electrons. The molecule has 0 bridgehead atoms. The van der Waals surface area contributed by atoms with E-state index in [2.05, 4.69) is 5.32 Å². The van der Waals surface area contributed by atoms with Crippen molar-refractivity contribution in [1.29, 1.82) is 0 Å². The van der Waals surface area contributed by atoms with Gasteiger partial charge in [-0.2, -0.15) is 0 Å². The number of aromatic hydroxyl groups is 2. The number of hydrogen-bond acceptors (Lipinski definition) is 5. The second-order valence-electron chi connectivity index (χ2n) is 5.17. The average Bonchev–Trinajstić information content (AvgIpc) is 2.27. The number of alkyl carbamates (subject to hydrolysis) is 1. The molecule has 0 aliphatic carbocycles. The van der Waals surface area contributed by atoms with Crippen LogP contribution in [0.1, 0.15) is 32.4 Å². The number of carbonyl (C=O) groups is 2. The molecule has 0 aliphatic heterocycles. The number of hydrogen-bond donors (Lipinski definition) is 4. The Bertz CT molecular complexity index is 520. The summed E-state index contributed by atoms with van der Waals surface area (Å²) in [5.74, 6) is -2.17. The zero-order valence-corrected chi connectivity index (χ0v) is 11.4. The molecular formula is C13H17NO6. The number of aliphatic carboxylic acids is 1. The van der Waals surface area contributed by atoms with Crippen LogP contribution >= 0.6 is 0 Å². The van der Waals surface area contributed by atoms with Crippen LogP contribution in [0.4, 0.5) is 4.79 Å². The summed E-state index contributed by atoms with van der Waals surface area (Å²) < 4.78 is 4.97. The van der Waals surface area contributed by atoms with E-state index in [0.717, 1.165) is 12.1 Å². The van der Waals surface area contributed by atoms with Gasteiger partial charge in [-0.25, -0.2) is 9.59 Å². The minimum atomic E-state index is -1.39. The van der Waals surface area contributed by atoms with Gasteiger partial charge in [0.1, 0.15) is 5.60 Å². The molecule has 4 N–H and O–H groups in total. The molecule has 0 unspecified atom stereocenters. The number of amides is 1. The highest BCUT2D eigenvalue weighted by Gasteiger charge is 2.26. The van der Waals surface area contributed by atoms with Gasteiger partial charge in [-0.1, -0.05) is 6.07 Å². The number of rotatable bonds is 3. The zero-order valence-electron chi connectivity index (χ0n) is 11.4. The van der Waals surface area contributed by atoms with Crippen molar-refractivity contribution < 1.29 is 29.6 Å².